The SMILES string of the molecule is CC1=C(C(=O)OC(C)C)[C@H](c2cccc(NC(=O)c3ccc(Cl)c(Cl)c3)c2)NC(=S)N1C. The van der Waals surface area contributed by atoms with Crippen LogP contribution in [0.5, 0.6) is 0 Å². The minimum atomic E-state index is -0.522. The fourth-order valence-corrected chi connectivity index (χ4v) is 3.82. The molecule has 2 N–H and O–H groups in total. The summed E-state index contributed by atoms with van der Waals surface area (Å²) in [6.45, 7) is 5.42. The lowest BCUT2D eigenvalue weighted by Crippen LogP contribution is -2.46. The Morgan fingerprint density at radius 1 is 1.16 bits per heavy atom. The average Bonchev–Trinajstić information content (AvgIpc) is 2.73. The van der Waals surface area contributed by atoms with Gasteiger partial charge in [-0.25, -0.2) is 4.79 Å². The van der Waals surface area contributed by atoms with Crippen molar-refractivity contribution in [1.29, 1.82) is 0 Å². The first-order chi connectivity index (χ1) is 15.1. The van der Waals surface area contributed by atoms with Gasteiger partial charge in [0.1, 0.15) is 0 Å². The van der Waals surface area contributed by atoms with Gasteiger partial charge in [0.25, 0.3) is 5.91 Å². The molecule has 9 heteroatoms. The maximum absolute atomic E-state index is 12.9. The fourth-order valence-electron chi connectivity index (χ4n) is 3.26. The predicted molar refractivity (Wildman–Crippen MR) is 131 cm³/mol. The summed E-state index contributed by atoms with van der Waals surface area (Å²) >= 11 is 17.4. The number of nitrogens with one attached hydrogen (secondary N) is 2. The first-order valence-electron chi connectivity index (χ1n) is 9.90. The summed E-state index contributed by atoms with van der Waals surface area (Å²) in [6, 6.07) is 11.3. The molecule has 0 fully saturated rings. The van der Waals surface area contributed by atoms with Crippen LogP contribution in [0.15, 0.2) is 53.7 Å². The summed E-state index contributed by atoms with van der Waals surface area (Å²) < 4.78 is 5.47. The number of thiocarbonyl (C=S) groups is 1. The van der Waals surface area contributed by atoms with E-state index in [4.69, 9.17) is 40.2 Å². The molecule has 168 valence electrons. The van der Waals surface area contributed by atoms with E-state index in [1.54, 1.807) is 56.1 Å². The highest BCUT2D eigenvalue weighted by atomic mass is 35.5. The van der Waals surface area contributed by atoms with Crippen LogP contribution in [0, 0.1) is 0 Å². The number of nitrogens with zero attached hydrogens (tertiary/aromatic N) is 1. The number of ether oxygens (including phenoxy) is 1. The van der Waals surface area contributed by atoms with Gasteiger partial charge in [-0.05, 0) is 68.9 Å². The Morgan fingerprint density at radius 3 is 2.53 bits per heavy atom. The molecule has 0 aliphatic carbocycles. The molecule has 0 saturated carbocycles. The summed E-state index contributed by atoms with van der Waals surface area (Å²) in [5.74, 6) is -0.756. The molecule has 6 nitrogen and oxygen atoms in total. The van der Waals surface area contributed by atoms with Gasteiger partial charge in [-0.3, -0.25) is 4.79 Å². The van der Waals surface area contributed by atoms with Crippen molar-refractivity contribution in [3.8, 4) is 0 Å². The zero-order valence-corrected chi connectivity index (χ0v) is 20.4. The molecule has 0 bridgehead atoms. The maximum atomic E-state index is 12.9. The molecule has 2 aromatic carbocycles. The largest absolute Gasteiger partial charge is 0.459 e. The van der Waals surface area contributed by atoms with Gasteiger partial charge in [-0.1, -0.05) is 35.3 Å². The first kappa shape index (κ1) is 24.0. The minimum Gasteiger partial charge on any atom is -0.459 e. The van der Waals surface area contributed by atoms with Gasteiger partial charge in [-0.15, -0.1) is 0 Å². The van der Waals surface area contributed by atoms with Crippen LogP contribution in [0.3, 0.4) is 0 Å². The summed E-state index contributed by atoms with van der Waals surface area (Å²) in [7, 11) is 1.79. The first-order valence-corrected chi connectivity index (χ1v) is 11.1. The van der Waals surface area contributed by atoms with E-state index in [1.807, 2.05) is 13.0 Å². The van der Waals surface area contributed by atoms with E-state index in [9.17, 15) is 9.59 Å². The number of anilines is 1. The van der Waals surface area contributed by atoms with Gasteiger partial charge in [0.2, 0.25) is 0 Å². The Bertz CT molecular complexity index is 1120. The van der Waals surface area contributed by atoms with E-state index in [-0.39, 0.29) is 12.0 Å². The molecule has 1 aliphatic heterocycles. The number of esters is 1. The van der Waals surface area contributed by atoms with Crippen molar-refractivity contribution < 1.29 is 14.3 Å². The highest BCUT2D eigenvalue weighted by Gasteiger charge is 2.34. The van der Waals surface area contributed by atoms with E-state index >= 15 is 0 Å². The molecule has 1 amide bonds. The number of halogens is 2. The number of hydrogen-bond donors (Lipinski definition) is 2. The second-order valence-electron chi connectivity index (χ2n) is 7.60. The molecule has 1 atom stereocenters. The molecule has 3 rings (SSSR count). The molecule has 1 heterocycles. The van der Waals surface area contributed by atoms with E-state index in [0.717, 1.165) is 5.56 Å². The van der Waals surface area contributed by atoms with E-state index < -0.39 is 12.0 Å². The molecular formula is C23H23Cl2N3O3S. The molecule has 32 heavy (non-hydrogen) atoms. The molecule has 0 saturated heterocycles. The third-order valence-electron chi connectivity index (χ3n) is 4.98. The van der Waals surface area contributed by atoms with Gasteiger partial charge >= 0.3 is 5.97 Å². The zero-order valence-electron chi connectivity index (χ0n) is 18.0. The minimum absolute atomic E-state index is 0.264. The summed E-state index contributed by atoms with van der Waals surface area (Å²) in [6.07, 6.45) is -0.264. The summed E-state index contributed by atoms with van der Waals surface area (Å²) in [4.78, 5) is 27.3. The highest BCUT2D eigenvalue weighted by molar-refractivity contribution is 7.80. The lowest BCUT2D eigenvalue weighted by Gasteiger charge is -2.35. The third kappa shape index (κ3) is 5.23. The van der Waals surface area contributed by atoms with E-state index in [1.165, 1.54) is 6.07 Å². The standard InChI is InChI=1S/C23H23Cl2N3O3S/c1-12(2)31-22(30)19-13(3)28(4)23(32)27-20(19)14-6-5-7-16(10-14)26-21(29)15-8-9-17(24)18(25)11-15/h5-12,20H,1-4H3,(H,26,29)(H,27,32)/t20-/m0/s1. The summed E-state index contributed by atoms with van der Waals surface area (Å²) in [5, 5.41) is 7.20. The molecule has 1 aliphatic rings. The molecular weight excluding hydrogens is 469 g/mol. The van der Waals surface area contributed by atoms with Crippen molar-refractivity contribution >= 4 is 58.1 Å². The molecule has 2 aromatic rings. The van der Waals surface area contributed by atoms with Gasteiger partial charge in [0, 0.05) is 24.0 Å². The average molecular weight is 492 g/mol. The van der Waals surface area contributed by atoms with Crippen molar-refractivity contribution in [1.82, 2.24) is 10.2 Å². The Morgan fingerprint density at radius 2 is 1.88 bits per heavy atom. The Labute approximate surface area is 202 Å². The number of benzene rings is 2. The predicted octanol–water partition coefficient (Wildman–Crippen LogP) is 5.33. The van der Waals surface area contributed by atoms with Crippen molar-refractivity contribution in [2.75, 3.05) is 12.4 Å². The van der Waals surface area contributed by atoms with Gasteiger partial charge in [0.05, 0.1) is 27.8 Å². The van der Waals surface area contributed by atoms with Crippen LogP contribution in [0.1, 0.15) is 42.7 Å². The van der Waals surface area contributed by atoms with E-state index in [0.29, 0.717) is 37.7 Å². The van der Waals surface area contributed by atoms with Crippen molar-refractivity contribution in [2.45, 2.75) is 32.9 Å². The Balaban J connectivity index is 1.92. The molecule has 0 radical (unpaired) electrons. The normalized spacial score (nSPS) is 16.2. The number of carbonyl (C=O) groups is 2. The topological polar surface area (TPSA) is 70.7 Å². The van der Waals surface area contributed by atoms with Gasteiger partial charge in [-0.2, -0.15) is 0 Å². The van der Waals surface area contributed by atoms with Crippen molar-refractivity contribution in [3.63, 3.8) is 0 Å². The number of carbonyl (C=O) groups excluding carboxylic acids is 2. The van der Waals surface area contributed by atoms with Crippen molar-refractivity contribution in [2.24, 2.45) is 0 Å². The smallest absolute Gasteiger partial charge is 0.338 e. The molecule has 0 unspecified atom stereocenters. The number of hydrogen-bond acceptors (Lipinski definition) is 4. The van der Waals surface area contributed by atoms with Crippen LogP contribution < -0.4 is 10.6 Å². The number of allylic oxidation sites excluding steroid dienone is 1. The lowest BCUT2D eigenvalue weighted by atomic mass is 9.94. The monoisotopic (exact) mass is 491 g/mol. The van der Waals surface area contributed by atoms with Crippen LogP contribution >= 0.6 is 35.4 Å². The van der Waals surface area contributed by atoms with Crippen LogP contribution in [0.4, 0.5) is 5.69 Å². The number of amides is 1. The van der Waals surface area contributed by atoms with Crippen LogP contribution in [-0.2, 0) is 9.53 Å². The van der Waals surface area contributed by atoms with Gasteiger partial charge in [0.15, 0.2) is 5.11 Å². The van der Waals surface area contributed by atoms with E-state index in [2.05, 4.69) is 10.6 Å². The third-order valence-corrected chi connectivity index (χ3v) is 6.11. The quantitative estimate of drug-likeness (QED) is 0.434. The fraction of sp³-hybridized carbons (Fsp3) is 0.261. The Kier molecular flexibility index (Phi) is 7.44. The second-order valence-corrected chi connectivity index (χ2v) is 8.80. The molecule has 0 aromatic heterocycles. The highest BCUT2D eigenvalue weighted by Crippen LogP contribution is 2.32. The van der Waals surface area contributed by atoms with Gasteiger partial charge < -0.3 is 20.3 Å². The maximum Gasteiger partial charge on any atom is 0.338 e. The lowest BCUT2D eigenvalue weighted by molar-refractivity contribution is -0.143. The summed E-state index contributed by atoms with van der Waals surface area (Å²) in [5.41, 5.74) is 2.85. The van der Waals surface area contributed by atoms with Crippen LogP contribution in [0.25, 0.3) is 0 Å². The van der Waals surface area contributed by atoms with Crippen LogP contribution in [-0.4, -0.2) is 35.0 Å². The Hall–Kier alpha value is -2.61. The second kappa shape index (κ2) is 9.90. The number of rotatable bonds is 5. The van der Waals surface area contributed by atoms with Crippen LogP contribution in [0.2, 0.25) is 10.0 Å². The zero-order chi connectivity index (χ0) is 23.6. The van der Waals surface area contributed by atoms with Crippen molar-refractivity contribution in [3.05, 3.63) is 74.9 Å². The molecule has 0 spiro atoms.